The number of amides is 1. The monoisotopic (exact) mass is 206 g/mol. The molecule has 2 rings (SSSR count). The lowest BCUT2D eigenvalue weighted by molar-refractivity contribution is -0.119. The lowest BCUT2D eigenvalue weighted by Gasteiger charge is -2.09. The molecule has 0 atom stereocenters. The average molecular weight is 206 g/mol. The van der Waals surface area contributed by atoms with E-state index >= 15 is 0 Å². The summed E-state index contributed by atoms with van der Waals surface area (Å²) in [6.07, 6.45) is 0.957. The molecule has 80 valence electrons. The quantitative estimate of drug-likeness (QED) is 0.782. The summed E-state index contributed by atoms with van der Waals surface area (Å²) < 4.78 is 4.77. The first-order valence-corrected chi connectivity index (χ1v) is 4.96. The van der Waals surface area contributed by atoms with E-state index in [4.69, 9.17) is 4.74 Å². The third kappa shape index (κ3) is 2.10. The molecule has 15 heavy (non-hydrogen) atoms. The summed E-state index contributed by atoms with van der Waals surface area (Å²) in [7, 11) is 1.51. The SMILES string of the molecule is COCC(=O)Nc1cccc2c1CCN2. The van der Waals surface area contributed by atoms with E-state index in [0.717, 1.165) is 24.3 Å². The number of carbonyl (C=O) groups excluding carboxylic acids is 1. The number of carbonyl (C=O) groups is 1. The second-order valence-electron chi connectivity index (χ2n) is 3.49. The zero-order valence-electron chi connectivity index (χ0n) is 8.67. The molecule has 1 aliphatic rings. The topological polar surface area (TPSA) is 50.4 Å². The molecule has 0 aliphatic carbocycles. The summed E-state index contributed by atoms with van der Waals surface area (Å²) >= 11 is 0. The van der Waals surface area contributed by atoms with Crippen LogP contribution in [0.25, 0.3) is 0 Å². The first-order valence-electron chi connectivity index (χ1n) is 4.96. The van der Waals surface area contributed by atoms with E-state index in [1.54, 1.807) is 0 Å². The third-order valence-electron chi connectivity index (χ3n) is 2.42. The predicted molar refractivity (Wildman–Crippen MR) is 59.1 cm³/mol. The molecular formula is C11H14N2O2. The zero-order valence-corrected chi connectivity index (χ0v) is 8.67. The van der Waals surface area contributed by atoms with Crippen LogP contribution in [-0.2, 0) is 16.0 Å². The second-order valence-corrected chi connectivity index (χ2v) is 3.49. The molecule has 1 heterocycles. The van der Waals surface area contributed by atoms with Crippen LogP contribution in [0.5, 0.6) is 0 Å². The Morgan fingerprint density at radius 2 is 2.47 bits per heavy atom. The molecule has 1 aromatic carbocycles. The van der Waals surface area contributed by atoms with Gasteiger partial charge in [-0.3, -0.25) is 4.79 Å². The van der Waals surface area contributed by atoms with Crippen LogP contribution < -0.4 is 10.6 Å². The molecule has 0 aromatic heterocycles. The van der Waals surface area contributed by atoms with Crippen molar-refractivity contribution in [3.05, 3.63) is 23.8 Å². The van der Waals surface area contributed by atoms with Crippen LogP contribution in [0.4, 0.5) is 11.4 Å². The van der Waals surface area contributed by atoms with Crippen LogP contribution in [0.2, 0.25) is 0 Å². The van der Waals surface area contributed by atoms with Crippen LogP contribution >= 0.6 is 0 Å². The van der Waals surface area contributed by atoms with Gasteiger partial charge in [-0.05, 0) is 18.6 Å². The fraction of sp³-hybridized carbons (Fsp3) is 0.364. The van der Waals surface area contributed by atoms with Crippen LogP contribution in [0.15, 0.2) is 18.2 Å². The van der Waals surface area contributed by atoms with Crippen molar-refractivity contribution in [2.45, 2.75) is 6.42 Å². The normalized spacial score (nSPS) is 13.1. The minimum Gasteiger partial charge on any atom is -0.384 e. The Kier molecular flexibility index (Phi) is 2.87. The highest BCUT2D eigenvalue weighted by molar-refractivity contribution is 5.93. The van der Waals surface area contributed by atoms with Crippen molar-refractivity contribution in [1.29, 1.82) is 0 Å². The summed E-state index contributed by atoms with van der Waals surface area (Å²) in [6, 6.07) is 5.87. The maximum absolute atomic E-state index is 11.4. The Bertz CT molecular complexity index is 377. The van der Waals surface area contributed by atoms with Crippen molar-refractivity contribution in [2.24, 2.45) is 0 Å². The number of nitrogens with one attached hydrogen (secondary N) is 2. The number of fused-ring (bicyclic) bond motifs is 1. The van der Waals surface area contributed by atoms with Gasteiger partial charge in [-0.15, -0.1) is 0 Å². The van der Waals surface area contributed by atoms with Crippen molar-refractivity contribution in [1.82, 2.24) is 0 Å². The third-order valence-corrected chi connectivity index (χ3v) is 2.42. The van der Waals surface area contributed by atoms with Gasteiger partial charge in [0, 0.05) is 30.6 Å². The molecule has 0 unspecified atom stereocenters. The lowest BCUT2D eigenvalue weighted by Crippen LogP contribution is -2.17. The van der Waals surface area contributed by atoms with E-state index in [0.29, 0.717) is 0 Å². The number of ether oxygens (including phenoxy) is 1. The molecule has 2 N–H and O–H groups in total. The maximum Gasteiger partial charge on any atom is 0.250 e. The van der Waals surface area contributed by atoms with Gasteiger partial charge >= 0.3 is 0 Å². The van der Waals surface area contributed by atoms with E-state index in [1.165, 1.54) is 12.7 Å². The number of anilines is 2. The van der Waals surface area contributed by atoms with Crippen molar-refractivity contribution < 1.29 is 9.53 Å². The first kappa shape index (κ1) is 9.98. The van der Waals surface area contributed by atoms with Gasteiger partial charge in [0.2, 0.25) is 5.91 Å². The highest BCUT2D eigenvalue weighted by Gasteiger charge is 2.14. The Labute approximate surface area is 88.6 Å². The molecule has 4 heteroatoms. The Morgan fingerprint density at radius 3 is 3.27 bits per heavy atom. The predicted octanol–water partition coefficient (Wildman–Crippen LogP) is 1.24. The average Bonchev–Trinajstić information content (AvgIpc) is 2.67. The molecule has 0 radical (unpaired) electrons. The summed E-state index contributed by atoms with van der Waals surface area (Å²) in [6.45, 7) is 1.03. The molecule has 0 saturated heterocycles. The molecule has 1 amide bonds. The fourth-order valence-corrected chi connectivity index (χ4v) is 1.78. The highest BCUT2D eigenvalue weighted by atomic mass is 16.5. The van der Waals surface area contributed by atoms with E-state index in [9.17, 15) is 4.79 Å². The van der Waals surface area contributed by atoms with Crippen LogP contribution in [0.1, 0.15) is 5.56 Å². The molecule has 0 spiro atoms. The molecule has 0 saturated carbocycles. The number of rotatable bonds is 3. The Balaban J connectivity index is 2.15. The van der Waals surface area contributed by atoms with Crippen molar-refractivity contribution in [3.8, 4) is 0 Å². The molecule has 4 nitrogen and oxygen atoms in total. The van der Waals surface area contributed by atoms with Gasteiger partial charge in [0.25, 0.3) is 0 Å². The second kappa shape index (κ2) is 4.31. The van der Waals surface area contributed by atoms with E-state index in [2.05, 4.69) is 10.6 Å². The standard InChI is InChI=1S/C11H14N2O2/c1-15-7-11(14)13-10-4-2-3-9-8(10)5-6-12-9/h2-4,12H,5-7H2,1H3,(H,13,14). The number of methoxy groups -OCH3 is 1. The smallest absolute Gasteiger partial charge is 0.250 e. The molecule has 1 aliphatic heterocycles. The summed E-state index contributed by atoms with van der Waals surface area (Å²) in [5.74, 6) is -0.113. The van der Waals surface area contributed by atoms with Gasteiger partial charge in [-0.2, -0.15) is 0 Å². The van der Waals surface area contributed by atoms with Gasteiger partial charge in [-0.1, -0.05) is 6.07 Å². The largest absolute Gasteiger partial charge is 0.384 e. The van der Waals surface area contributed by atoms with Gasteiger partial charge in [0.05, 0.1) is 0 Å². The first-order chi connectivity index (χ1) is 7.31. The van der Waals surface area contributed by atoms with Gasteiger partial charge < -0.3 is 15.4 Å². The summed E-state index contributed by atoms with van der Waals surface area (Å²) in [5.41, 5.74) is 3.19. The Morgan fingerprint density at radius 1 is 1.60 bits per heavy atom. The molecule has 0 fully saturated rings. The van der Waals surface area contributed by atoms with Gasteiger partial charge in [-0.25, -0.2) is 0 Å². The maximum atomic E-state index is 11.4. The van der Waals surface area contributed by atoms with E-state index < -0.39 is 0 Å². The van der Waals surface area contributed by atoms with Crippen LogP contribution in [0, 0.1) is 0 Å². The van der Waals surface area contributed by atoms with Gasteiger partial charge in [0.15, 0.2) is 0 Å². The zero-order chi connectivity index (χ0) is 10.7. The Hall–Kier alpha value is -1.55. The molecular weight excluding hydrogens is 192 g/mol. The molecule has 1 aromatic rings. The lowest BCUT2D eigenvalue weighted by atomic mass is 10.1. The van der Waals surface area contributed by atoms with Gasteiger partial charge in [0.1, 0.15) is 6.61 Å². The van der Waals surface area contributed by atoms with Crippen LogP contribution in [0.3, 0.4) is 0 Å². The fourth-order valence-electron chi connectivity index (χ4n) is 1.78. The van der Waals surface area contributed by atoms with Crippen molar-refractivity contribution >= 4 is 17.3 Å². The highest BCUT2D eigenvalue weighted by Crippen LogP contribution is 2.28. The number of benzene rings is 1. The van der Waals surface area contributed by atoms with Crippen LogP contribution in [-0.4, -0.2) is 26.2 Å². The minimum absolute atomic E-state index is 0.0943. The number of hydrogen-bond donors (Lipinski definition) is 2. The van der Waals surface area contributed by atoms with E-state index in [-0.39, 0.29) is 12.5 Å². The summed E-state index contributed by atoms with van der Waals surface area (Å²) in [4.78, 5) is 11.4. The molecule has 0 bridgehead atoms. The van der Waals surface area contributed by atoms with Crippen molar-refractivity contribution in [3.63, 3.8) is 0 Å². The summed E-state index contributed by atoms with van der Waals surface area (Å²) in [5, 5.41) is 6.10. The van der Waals surface area contributed by atoms with E-state index in [1.807, 2.05) is 18.2 Å². The van der Waals surface area contributed by atoms with Crippen molar-refractivity contribution in [2.75, 3.05) is 30.9 Å². The number of hydrogen-bond acceptors (Lipinski definition) is 3. The minimum atomic E-state index is -0.113.